The van der Waals surface area contributed by atoms with Crippen molar-refractivity contribution in [3.8, 4) is 0 Å². The summed E-state index contributed by atoms with van der Waals surface area (Å²) in [6.07, 6.45) is 10.2. The van der Waals surface area contributed by atoms with Gasteiger partial charge in [-0.05, 0) is 90.5 Å². The van der Waals surface area contributed by atoms with Gasteiger partial charge in [0.2, 0.25) is 0 Å². The van der Waals surface area contributed by atoms with E-state index in [9.17, 15) is 9.59 Å². The van der Waals surface area contributed by atoms with Gasteiger partial charge in [-0.15, -0.1) is 0 Å². The first-order valence-corrected chi connectivity index (χ1v) is 17.2. The van der Waals surface area contributed by atoms with Crippen molar-refractivity contribution in [2.24, 2.45) is 17.8 Å². The number of nitrogens with zero attached hydrogens (tertiary/aromatic N) is 3. The second-order valence-electron chi connectivity index (χ2n) is 14.2. The van der Waals surface area contributed by atoms with Crippen molar-refractivity contribution in [1.82, 2.24) is 25.3 Å². The Morgan fingerprint density at radius 1 is 1.05 bits per heavy atom. The molecule has 3 heterocycles. The third-order valence-corrected chi connectivity index (χ3v) is 11.2. The number of Topliss-reactive ketones (excluding diaryl/α,β-unsaturated/α-hetero) is 1. The van der Waals surface area contributed by atoms with E-state index < -0.39 is 24.2 Å². The fourth-order valence-corrected chi connectivity index (χ4v) is 9.01. The van der Waals surface area contributed by atoms with Crippen molar-refractivity contribution in [3.63, 3.8) is 0 Å². The molecule has 2 N–H and O–H groups in total. The van der Waals surface area contributed by atoms with Gasteiger partial charge in [-0.3, -0.25) is 14.5 Å². The van der Waals surface area contributed by atoms with Crippen LogP contribution >= 0.6 is 0 Å². The van der Waals surface area contributed by atoms with Crippen LogP contribution in [0.2, 0.25) is 0 Å². The quantitative estimate of drug-likeness (QED) is 0.275. The zero-order chi connectivity index (χ0) is 29.9. The average molecular weight is 604 g/mol. The van der Waals surface area contributed by atoms with Gasteiger partial charge in [0.25, 0.3) is 5.91 Å². The Balaban J connectivity index is 1.19. The fraction of sp³-hybridized carbons (Fsp3) is 0.879. The number of rotatable bonds is 11. The molecule has 0 aromatic heterocycles. The summed E-state index contributed by atoms with van der Waals surface area (Å²) in [6.45, 7) is 6.63. The molecule has 0 aromatic carbocycles. The molecule has 6 aliphatic rings. The summed E-state index contributed by atoms with van der Waals surface area (Å²) in [5.74, 6) is 0.0500. The number of ether oxygens (including phenoxy) is 2. The molecule has 43 heavy (non-hydrogen) atoms. The molecule has 9 unspecified atom stereocenters. The first-order valence-electron chi connectivity index (χ1n) is 17.2. The van der Waals surface area contributed by atoms with Crippen molar-refractivity contribution in [2.75, 3.05) is 66.6 Å². The highest BCUT2D eigenvalue weighted by molar-refractivity contribution is 6.20. The zero-order valence-electron chi connectivity index (χ0n) is 26.4. The lowest BCUT2D eigenvalue weighted by Crippen LogP contribution is -2.74. The van der Waals surface area contributed by atoms with E-state index in [4.69, 9.17) is 9.47 Å². The largest absolute Gasteiger partial charge is 0.379 e. The van der Waals surface area contributed by atoms with E-state index in [0.29, 0.717) is 24.9 Å². The topological polar surface area (TPSA) is 86.4 Å². The molecule has 0 radical (unpaired) electrons. The highest BCUT2D eigenvalue weighted by atomic mass is 19.1. The molecule has 10 heteroatoms. The second kappa shape index (κ2) is 14.2. The van der Waals surface area contributed by atoms with Gasteiger partial charge in [-0.25, -0.2) is 4.39 Å². The summed E-state index contributed by atoms with van der Waals surface area (Å²) in [4.78, 5) is 34.1. The number of unbranched alkanes of at least 4 members (excludes halogenated alkanes) is 1. The van der Waals surface area contributed by atoms with Gasteiger partial charge in [0, 0.05) is 31.8 Å². The third-order valence-electron chi connectivity index (χ3n) is 11.2. The van der Waals surface area contributed by atoms with Crippen molar-refractivity contribution in [2.45, 2.75) is 101 Å². The lowest BCUT2D eigenvalue weighted by atomic mass is 9.64. The predicted octanol–water partition coefficient (Wildman–Crippen LogP) is 2.36. The summed E-state index contributed by atoms with van der Waals surface area (Å²) in [5.41, 5.74) is 0.211. The molecule has 6 rings (SSSR count). The molecule has 0 aromatic rings. The third kappa shape index (κ3) is 6.83. The Kier molecular flexibility index (Phi) is 10.4. The molecule has 9 nitrogen and oxygen atoms in total. The van der Waals surface area contributed by atoms with Gasteiger partial charge in [0.05, 0.1) is 49.1 Å². The van der Waals surface area contributed by atoms with Crippen LogP contribution in [0.3, 0.4) is 0 Å². The van der Waals surface area contributed by atoms with Gasteiger partial charge in [-0.1, -0.05) is 19.3 Å². The molecule has 5 fully saturated rings. The van der Waals surface area contributed by atoms with E-state index >= 15 is 4.39 Å². The number of ketones is 1. The van der Waals surface area contributed by atoms with Crippen LogP contribution in [0.1, 0.15) is 64.2 Å². The molecule has 3 aliphatic carbocycles. The summed E-state index contributed by atoms with van der Waals surface area (Å²) in [7, 11) is 4.08. The van der Waals surface area contributed by atoms with Gasteiger partial charge >= 0.3 is 0 Å². The summed E-state index contributed by atoms with van der Waals surface area (Å²) < 4.78 is 28.6. The number of carbonyl (C=O) groups excluding carboxylic acids is 2. The molecule has 3 aliphatic heterocycles. The van der Waals surface area contributed by atoms with Crippen LogP contribution in [0.25, 0.3) is 0 Å². The fourth-order valence-electron chi connectivity index (χ4n) is 9.01. The van der Waals surface area contributed by atoms with E-state index in [1.807, 2.05) is 20.3 Å². The van der Waals surface area contributed by atoms with E-state index in [2.05, 4.69) is 25.3 Å². The smallest absolute Gasteiger partial charge is 0.256 e. The number of hydrogen-bond donors (Lipinski definition) is 2. The number of morpholine rings is 2. The number of fused-ring (bicyclic) bond motifs is 4. The van der Waals surface area contributed by atoms with Crippen molar-refractivity contribution in [1.29, 1.82) is 0 Å². The number of hydrogen-bond acceptors (Lipinski definition) is 8. The number of amides is 1. The van der Waals surface area contributed by atoms with Gasteiger partial charge in [-0.2, -0.15) is 0 Å². The van der Waals surface area contributed by atoms with Crippen LogP contribution in [0.5, 0.6) is 0 Å². The average Bonchev–Trinajstić information content (AvgIpc) is 3.01. The van der Waals surface area contributed by atoms with Gasteiger partial charge in [0.15, 0.2) is 5.78 Å². The standard InChI is InChI=1S/C33H54FN5O4/c1-37(2)14-6-5-12-36-33(41)25-21-39-27-11-10-22-8-3-4-9-23(22)31(27)43-32-28(26(34)20-24(29(32)39)30(25)40)35-13-7-15-38-16-18-42-19-17-38/h21-24,26-29,31-32,35H,3-20H2,1-2H3,(H,36,41). The molecule has 0 bridgehead atoms. The highest BCUT2D eigenvalue weighted by Crippen LogP contribution is 2.50. The predicted molar refractivity (Wildman–Crippen MR) is 163 cm³/mol. The van der Waals surface area contributed by atoms with E-state index in [0.717, 1.165) is 77.9 Å². The highest BCUT2D eigenvalue weighted by Gasteiger charge is 2.60. The molecule has 9 atom stereocenters. The first kappa shape index (κ1) is 31.4. The van der Waals surface area contributed by atoms with Crippen molar-refractivity contribution < 1.29 is 23.5 Å². The minimum Gasteiger partial charge on any atom is -0.379 e. The van der Waals surface area contributed by atoms with Gasteiger partial charge in [0.1, 0.15) is 6.17 Å². The Morgan fingerprint density at radius 2 is 1.86 bits per heavy atom. The number of nitrogens with one attached hydrogen (secondary N) is 2. The Morgan fingerprint density at radius 3 is 2.67 bits per heavy atom. The summed E-state index contributed by atoms with van der Waals surface area (Å²) in [5, 5.41) is 6.57. The van der Waals surface area contributed by atoms with Crippen LogP contribution in [0.4, 0.5) is 4.39 Å². The van der Waals surface area contributed by atoms with Crippen molar-refractivity contribution >= 4 is 11.7 Å². The lowest BCUT2D eigenvalue weighted by Gasteiger charge is -2.61. The Bertz CT molecular complexity index is 1010. The van der Waals surface area contributed by atoms with Crippen LogP contribution in [-0.4, -0.2) is 129 Å². The minimum atomic E-state index is -1.20. The van der Waals surface area contributed by atoms with E-state index in [-0.39, 0.29) is 41.9 Å². The molecular weight excluding hydrogens is 549 g/mol. The summed E-state index contributed by atoms with van der Waals surface area (Å²) >= 11 is 0. The molecule has 3 saturated carbocycles. The molecule has 0 spiro atoms. The normalized spacial score (nSPS) is 37.8. The maximum Gasteiger partial charge on any atom is 0.256 e. The first-order chi connectivity index (χ1) is 20.9. The Labute approximate surface area is 257 Å². The Hall–Kier alpha value is -1.59. The monoisotopic (exact) mass is 603 g/mol. The summed E-state index contributed by atoms with van der Waals surface area (Å²) in [6, 6.07) is -0.543. The molecule has 242 valence electrons. The van der Waals surface area contributed by atoms with Crippen LogP contribution in [0.15, 0.2) is 11.8 Å². The van der Waals surface area contributed by atoms with Crippen LogP contribution in [0, 0.1) is 17.8 Å². The lowest BCUT2D eigenvalue weighted by molar-refractivity contribution is -0.220. The van der Waals surface area contributed by atoms with Gasteiger partial charge < -0.3 is 29.9 Å². The SMILES string of the molecule is CN(C)CCCCNC(=O)C1=CN2C3CCC4CCCCC4C3OC3C(NCCCN4CCOCC4)C(F)CC(C1=O)C32. The second-order valence-corrected chi connectivity index (χ2v) is 14.2. The maximum absolute atomic E-state index is 16.1. The molecular formula is C33H54FN5O4. The molecule has 2 saturated heterocycles. The number of carbonyl (C=O) groups is 2. The van der Waals surface area contributed by atoms with Crippen LogP contribution in [-0.2, 0) is 19.1 Å². The number of alkyl halides is 1. The zero-order valence-corrected chi connectivity index (χ0v) is 26.4. The van der Waals surface area contributed by atoms with E-state index in [1.54, 1.807) is 0 Å². The van der Waals surface area contributed by atoms with E-state index in [1.165, 1.54) is 19.3 Å². The number of halogens is 1. The molecule has 1 amide bonds. The van der Waals surface area contributed by atoms with Crippen molar-refractivity contribution in [3.05, 3.63) is 11.8 Å². The maximum atomic E-state index is 16.1. The minimum absolute atomic E-state index is 0.0173. The van der Waals surface area contributed by atoms with Crippen LogP contribution < -0.4 is 10.6 Å².